The summed E-state index contributed by atoms with van der Waals surface area (Å²) in [5.74, 6) is 0.686. The highest BCUT2D eigenvalue weighted by Crippen LogP contribution is 2.19. The van der Waals surface area contributed by atoms with E-state index >= 15 is 0 Å². The van der Waals surface area contributed by atoms with Crippen LogP contribution < -0.4 is 5.32 Å². The number of amides is 1. The Morgan fingerprint density at radius 3 is 2.88 bits per heavy atom. The largest absolute Gasteiger partial charge is 0.348 e. The van der Waals surface area contributed by atoms with Crippen molar-refractivity contribution < 1.29 is 4.79 Å². The van der Waals surface area contributed by atoms with Gasteiger partial charge in [0.15, 0.2) is 10.6 Å². The van der Waals surface area contributed by atoms with E-state index in [1.807, 2.05) is 60.9 Å². The van der Waals surface area contributed by atoms with Gasteiger partial charge in [-0.25, -0.2) is 0 Å². The minimum Gasteiger partial charge on any atom is -0.348 e. The number of H-pyrrole nitrogens is 1. The molecule has 2 N–H and O–H groups in total. The van der Waals surface area contributed by atoms with Crippen LogP contribution in [0.3, 0.4) is 0 Å². The SMILES string of the molecule is Cc1cccc(-c2n[nH]c(=S)n2CCC(=O)NC(C)c2ccccn2)c1. The van der Waals surface area contributed by atoms with E-state index < -0.39 is 0 Å². The molecule has 0 fully saturated rings. The van der Waals surface area contributed by atoms with Crippen LogP contribution in [0.5, 0.6) is 0 Å². The van der Waals surface area contributed by atoms with E-state index in [1.54, 1.807) is 6.20 Å². The average Bonchev–Trinajstić information content (AvgIpc) is 3.01. The molecule has 26 heavy (non-hydrogen) atoms. The number of carbonyl (C=O) groups is 1. The normalized spacial score (nSPS) is 11.9. The second kappa shape index (κ2) is 8.05. The van der Waals surface area contributed by atoms with Crippen molar-refractivity contribution in [2.24, 2.45) is 0 Å². The molecule has 1 atom stereocenters. The molecule has 1 unspecified atom stereocenters. The number of rotatable bonds is 6. The third-order valence-electron chi connectivity index (χ3n) is 4.11. The first kappa shape index (κ1) is 18.0. The maximum atomic E-state index is 12.3. The van der Waals surface area contributed by atoms with E-state index in [2.05, 4.69) is 20.5 Å². The minimum absolute atomic E-state index is 0.0542. The first-order valence-electron chi connectivity index (χ1n) is 8.47. The lowest BCUT2D eigenvalue weighted by atomic mass is 10.1. The molecule has 3 aromatic rings. The standard InChI is InChI=1S/C19H21N5OS/c1-13-6-5-7-15(12-13)18-22-23-19(26)24(18)11-9-17(25)21-14(2)16-8-3-4-10-20-16/h3-8,10,12,14H,9,11H2,1-2H3,(H,21,25)(H,23,26). The van der Waals surface area contributed by atoms with Gasteiger partial charge in [0.25, 0.3) is 0 Å². The maximum absolute atomic E-state index is 12.3. The Morgan fingerprint density at radius 1 is 1.31 bits per heavy atom. The minimum atomic E-state index is -0.141. The first-order chi connectivity index (χ1) is 12.5. The molecule has 0 aliphatic rings. The molecule has 1 amide bonds. The van der Waals surface area contributed by atoms with Crippen molar-refractivity contribution in [3.63, 3.8) is 0 Å². The molecule has 1 aromatic carbocycles. The topological polar surface area (TPSA) is 75.6 Å². The lowest BCUT2D eigenvalue weighted by molar-refractivity contribution is -0.122. The van der Waals surface area contributed by atoms with Crippen LogP contribution in [0.1, 0.15) is 30.6 Å². The van der Waals surface area contributed by atoms with E-state index in [0.717, 1.165) is 22.6 Å². The van der Waals surface area contributed by atoms with Crippen LogP contribution in [0.15, 0.2) is 48.7 Å². The van der Waals surface area contributed by atoms with E-state index in [4.69, 9.17) is 12.2 Å². The lowest BCUT2D eigenvalue weighted by Crippen LogP contribution is -2.28. The summed E-state index contributed by atoms with van der Waals surface area (Å²) in [6, 6.07) is 13.6. The van der Waals surface area contributed by atoms with Gasteiger partial charge in [0, 0.05) is 24.7 Å². The van der Waals surface area contributed by atoms with Gasteiger partial charge in [-0.3, -0.25) is 19.4 Å². The highest BCUT2D eigenvalue weighted by Gasteiger charge is 2.13. The molecular formula is C19H21N5OS. The Hall–Kier alpha value is -2.80. The fourth-order valence-corrected chi connectivity index (χ4v) is 2.99. The number of aromatic nitrogens is 4. The van der Waals surface area contributed by atoms with Crippen LogP contribution in [-0.4, -0.2) is 25.7 Å². The molecular weight excluding hydrogens is 346 g/mol. The number of hydrogen-bond acceptors (Lipinski definition) is 4. The second-order valence-corrected chi connectivity index (χ2v) is 6.55. The lowest BCUT2D eigenvalue weighted by Gasteiger charge is -2.14. The van der Waals surface area contributed by atoms with Crippen molar-refractivity contribution in [2.45, 2.75) is 32.9 Å². The second-order valence-electron chi connectivity index (χ2n) is 6.17. The Kier molecular flexibility index (Phi) is 5.58. The summed E-state index contributed by atoms with van der Waals surface area (Å²) in [5.41, 5.74) is 2.95. The number of aromatic amines is 1. The monoisotopic (exact) mass is 367 g/mol. The Labute approximate surface area is 157 Å². The smallest absolute Gasteiger partial charge is 0.222 e. The van der Waals surface area contributed by atoms with Crippen molar-refractivity contribution in [1.29, 1.82) is 0 Å². The number of nitrogens with zero attached hydrogens (tertiary/aromatic N) is 3. The molecule has 0 aliphatic carbocycles. The van der Waals surface area contributed by atoms with Gasteiger partial charge in [0.1, 0.15) is 0 Å². The molecule has 0 saturated carbocycles. The van der Waals surface area contributed by atoms with Crippen molar-refractivity contribution in [1.82, 2.24) is 25.1 Å². The molecule has 6 nitrogen and oxygen atoms in total. The quantitative estimate of drug-likeness (QED) is 0.653. The number of aryl methyl sites for hydroxylation is 1. The molecule has 3 rings (SSSR count). The number of hydrogen-bond donors (Lipinski definition) is 2. The highest BCUT2D eigenvalue weighted by molar-refractivity contribution is 7.71. The summed E-state index contributed by atoms with van der Waals surface area (Å²) in [7, 11) is 0. The molecule has 2 aromatic heterocycles. The van der Waals surface area contributed by atoms with Crippen LogP contribution >= 0.6 is 12.2 Å². The third-order valence-corrected chi connectivity index (χ3v) is 4.42. The predicted molar refractivity (Wildman–Crippen MR) is 103 cm³/mol. The van der Waals surface area contributed by atoms with E-state index in [-0.39, 0.29) is 11.9 Å². The van der Waals surface area contributed by atoms with Gasteiger partial charge >= 0.3 is 0 Å². The summed E-state index contributed by atoms with van der Waals surface area (Å²) in [6.45, 7) is 4.41. The number of benzene rings is 1. The Morgan fingerprint density at radius 2 is 2.15 bits per heavy atom. The molecule has 2 heterocycles. The van der Waals surface area contributed by atoms with Crippen molar-refractivity contribution >= 4 is 18.1 Å². The predicted octanol–water partition coefficient (Wildman–Crippen LogP) is 3.58. The summed E-state index contributed by atoms with van der Waals surface area (Å²) in [4.78, 5) is 16.6. The van der Waals surface area contributed by atoms with Gasteiger partial charge in [-0.1, -0.05) is 29.8 Å². The van der Waals surface area contributed by atoms with Crippen LogP contribution in [-0.2, 0) is 11.3 Å². The summed E-state index contributed by atoms with van der Waals surface area (Å²) >= 11 is 5.33. The molecule has 0 spiro atoms. The summed E-state index contributed by atoms with van der Waals surface area (Å²) < 4.78 is 2.36. The number of carbonyl (C=O) groups excluding carboxylic acids is 1. The van der Waals surface area contributed by atoms with Gasteiger partial charge in [-0.15, -0.1) is 0 Å². The molecule has 0 aliphatic heterocycles. The average molecular weight is 367 g/mol. The fourth-order valence-electron chi connectivity index (χ4n) is 2.76. The zero-order valence-electron chi connectivity index (χ0n) is 14.8. The third kappa shape index (κ3) is 4.23. The van der Waals surface area contributed by atoms with Gasteiger partial charge in [0.05, 0.1) is 11.7 Å². The Balaban J connectivity index is 1.67. The number of pyridine rings is 1. The zero-order valence-corrected chi connectivity index (χ0v) is 15.6. The molecule has 0 radical (unpaired) electrons. The van der Waals surface area contributed by atoms with E-state index in [0.29, 0.717) is 17.7 Å². The van der Waals surface area contributed by atoms with Crippen LogP contribution in [0.25, 0.3) is 11.4 Å². The molecule has 7 heteroatoms. The maximum Gasteiger partial charge on any atom is 0.222 e. The first-order valence-corrected chi connectivity index (χ1v) is 8.88. The molecule has 134 valence electrons. The van der Waals surface area contributed by atoms with E-state index in [9.17, 15) is 4.79 Å². The number of nitrogens with one attached hydrogen (secondary N) is 2. The molecule has 0 bridgehead atoms. The fraction of sp³-hybridized carbons (Fsp3) is 0.263. The van der Waals surface area contributed by atoms with Crippen LogP contribution in [0.4, 0.5) is 0 Å². The van der Waals surface area contributed by atoms with Crippen LogP contribution in [0.2, 0.25) is 0 Å². The van der Waals surface area contributed by atoms with Gasteiger partial charge in [-0.05, 0) is 44.3 Å². The zero-order chi connectivity index (χ0) is 18.5. The summed E-state index contributed by atoms with van der Waals surface area (Å²) in [5, 5.41) is 10.1. The summed E-state index contributed by atoms with van der Waals surface area (Å²) in [6.07, 6.45) is 2.03. The van der Waals surface area contributed by atoms with Crippen molar-refractivity contribution in [3.8, 4) is 11.4 Å². The van der Waals surface area contributed by atoms with Crippen molar-refractivity contribution in [3.05, 3.63) is 64.7 Å². The Bertz CT molecular complexity index is 948. The van der Waals surface area contributed by atoms with Crippen molar-refractivity contribution in [2.75, 3.05) is 0 Å². The van der Waals surface area contributed by atoms with E-state index in [1.165, 1.54) is 0 Å². The van der Waals surface area contributed by atoms with Gasteiger partial charge in [-0.2, -0.15) is 5.10 Å². The van der Waals surface area contributed by atoms with Gasteiger partial charge in [0.2, 0.25) is 5.91 Å². The van der Waals surface area contributed by atoms with Gasteiger partial charge < -0.3 is 5.32 Å². The van der Waals surface area contributed by atoms with Crippen LogP contribution in [0, 0.1) is 11.7 Å². The highest BCUT2D eigenvalue weighted by atomic mass is 32.1. The molecule has 0 saturated heterocycles.